The molecule has 0 spiro atoms. The van der Waals surface area contributed by atoms with E-state index in [0.717, 1.165) is 68.0 Å². The molecule has 13 nitrogen and oxygen atoms in total. The third-order valence-corrected chi connectivity index (χ3v) is 15.7. The molecule has 0 radical (unpaired) electrons. The largest absolute Gasteiger partial charge is 1.00 e. The molecule has 16 heteroatoms. The number of carboxylic acid groups (broad SMARTS) is 2. The molecule has 2 aromatic heterocycles. The molecule has 2 aliphatic carbocycles. The molecule has 0 aliphatic heterocycles. The second kappa shape index (κ2) is 27.7. The van der Waals surface area contributed by atoms with Gasteiger partial charge in [0.15, 0.2) is 11.5 Å². The van der Waals surface area contributed by atoms with Crippen molar-refractivity contribution in [3.8, 4) is 44.9 Å². The number of ether oxygens (including phenoxy) is 2. The number of anilines is 2. The van der Waals surface area contributed by atoms with Crippen molar-refractivity contribution in [3.05, 3.63) is 226 Å². The normalized spacial score (nSPS) is 13.7. The van der Waals surface area contributed by atoms with Gasteiger partial charge in [-0.25, -0.2) is 9.59 Å². The minimum absolute atomic E-state index is 0. The van der Waals surface area contributed by atoms with E-state index in [4.69, 9.17) is 46.6 Å². The first-order chi connectivity index (χ1) is 39.7. The maximum absolute atomic E-state index is 13.0. The maximum atomic E-state index is 13.0. The molecule has 2 fully saturated rings. The molecule has 2 amide bonds. The first-order valence-electron chi connectivity index (χ1n) is 26.5. The summed E-state index contributed by atoms with van der Waals surface area (Å²) in [7, 11) is 1.00. The minimum atomic E-state index is -1.01. The number of aliphatic carboxylic acids is 2. The number of carboxylic acids is 2. The monoisotopic (exact) mass is 1190 g/mol. The van der Waals surface area contributed by atoms with E-state index >= 15 is 0 Å². The van der Waals surface area contributed by atoms with Gasteiger partial charge in [0.2, 0.25) is 0 Å². The van der Waals surface area contributed by atoms with Gasteiger partial charge in [0, 0.05) is 55.6 Å². The predicted molar refractivity (Wildman–Crippen MR) is 330 cm³/mol. The first-order valence-corrected chi connectivity index (χ1v) is 27.3. The van der Waals surface area contributed by atoms with Crippen molar-refractivity contribution >= 4 is 80.6 Å². The van der Waals surface area contributed by atoms with Gasteiger partial charge in [-0.2, -0.15) is 0 Å². The van der Waals surface area contributed by atoms with E-state index in [0.29, 0.717) is 75.4 Å². The van der Waals surface area contributed by atoms with Crippen molar-refractivity contribution in [1.82, 2.24) is 0 Å². The number of carbonyl (C=O) groups is 4. The number of nitrogens with one attached hydrogen (secondary N) is 2. The summed E-state index contributed by atoms with van der Waals surface area (Å²) in [6, 6.07) is 60.4. The van der Waals surface area contributed by atoms with Crippen LogP contribution >= 0.6 is 23.2 Å². The molecule has 430 valence electrons. The zero-order valence-electron chi connectivity index (χ0n) is 45.8. The summed E-state index contributed by atoms with van der Waals surface area (Å²) in [5.41, 5.74) is 9.26. The second-order valence-electron chi connectivity index (χ2n) is 20.1. The SMILES string of the molecule is C.C.CO.C[C@@H](OC(=O)Nc1c(-c2ccc(-c3ccc(C4(C(=O)O)CC4)cc3)cc2)oc2ccccc12)c1ccccc1Cl.C[C@@H](OC(=O)Nc1c(-c2ccc(-c3ccc(C4(C(=O)[O-])CC4)cc3)cc2)oc2ccccc12)c1ccccc1Cl.[Na+]. The fourth-order valence-corrected chi connectivity index (χ4v) is 10.7. The van der Waals surface area contributed by atoms with Crippen molar-refractivity contribution < 1.29 is 82.4 Å². The summed E-state index contributed by atoms with van der Waals surface area (Å²) >= 11 is 12.6. The van der Waals surface area contributed by atoms with Gasteiger partial charge >= 0.3 is 47.7 Å². The Balaban J connectivity index is 0.000000229. The Labute approximate surface area is 525 Å². The number of hydrogen-bond acceptors (Lipinski definition) is 10. The van der Waals surface area contributed by atoms with E-state index in [1.54, 1.807) is 26.0 Å². The van der Waals surface area contributed by atoms with Crippen LogP contribution in [0.3, 0.4) is 0 Å². The number of para-hydroxylation sites is 2. The molecule has 0 unspecified atom stereocenters. The van der Waals surface area contributed by atoms with Gasteiger partial charge in [0.05, 0.1) is 22.8 Å². The zero-order chi connectivity index (χ0) is 57.7. The summed E-state index contributed by atoms with van der Waals surface area (Å²) in [5, 5.41) is 36.4. The van der Waals surface area contributed by atoms with Gasteiger partial charge in [-0.3, -0.25) is 15.4 Å². The maximum Gasteiger partial charge on any atom is 1.00 e. The van der Waals surface area contributed by atoms with Crippen LogP contribution in [-0.2, 0) is 29.9 Å². The zero-order valence-corrected chi connectivity index (χ0v) is 49.3. The van der Waals surface area contributed by atoms with E-state index in [9.17, 15) is 29.4 Å². The van der Waals surface area contributed by atoms with Crippen molar-refractivity contribution in [2.75, 3.05) is 17.7 Å². The van der Waals surface area contributed by atoms with E-state index < -0.39 is 47.2 Å². The predicted octanol–water partition coefficient (Wildman–Crippen LogP) is 14.2. The van der Waals surface area contributed by atoms with Crippen LogP contribution in [0.15, 0.2) is 203 Å². The van der Waals surface area contributed by atoms with Crippen LogP contribution in [0.2, 0.25) is 10.0 Å². The van der Waals surface area contributed by atoms with Crippen LogP contribution < -0.4 is 45.3 Å². The Morgan fingerprint density at radius 2 is 0.788 bits per heavy atom. The third kappa shape index (κ3) is 13.7. The van der Waals surface area contributed by atoms with Gasteiger partial charge in [-0.15, -0.1) is 0 Å². The summed E-state index contributed by atoms with van der Waals surface area (Å²) in [6.45, 7) is 3.54. The summed E-state index contributed by atoms with van der Waals surface area (Å²) in [5.74, 6) is -0.748. The summed E-state index contributed by atoms with van der Waals surface area (Å²) in [6.07, 6.45) is 0.239. The van der Waals surface area contributed by atoms with Gasteiger partial charge in [-0.1, -0.05) is 196 Å². The molecule has 12 rings (SSSR count). The average molecular weight is 1190 g/mol. The van der Waals surface area contributed by atoms with Crippen molar-refractivity contribution in [1.29, 1.82) is 0 Å². The Morgan fingerprint density at radius 1 is 0.482 bits per heavy atom. The number of rotatable bonds is 14. The fraction of sp³-hybridized carbons (Fsp3) is 0.188. The molecule has 2 saturated carbocycles. The average Bonchev–Trinajstić information content (AvgIpc) is 2.06. The van der Waals surface area contributed by atoms with E-state index in [-0.39, 0.29) is 44.4 Å². The van der Waals surface area contributed by atoms with Crippen molar-refractivity contribution in [2.45, 2.75) is 77.4 Å². The molecular weight excluding hydrogens is 1130 g/mol. The van der Waals surface area contributed by atoms with Gasteiger partial charge in [0.25, 0.3) is 0 Å². The number of carbonyl (C=O) groups excluding carboxylic acids is 3. The number of aliphatic hydroxyl groups is 1. The smallest absolute Gasteiger partial charge is 0.549 e. The topological polar surface area (TPSA) is 201 Å². The Bertz CT molecular complexity index is 3710. The minimum Gasteiger partial charge on any atom is -0.549 e. The summed E-state index contributed by atoms with van der Waals surface area (Å²) < 4.78 is 23.6. The Hall–Kier alpha value is -8.14. The van der Waals surface area contributed by atoms with Gasteiger partial charge < -0.3 is 38.4 Å². The number of benzene rings is 8. The van der Waals surface area contributed by atoms with Crippen LogP contribution in [-0.4, -0.2) is 41.4 Å². The Kier molecular flexibility index (Phi) is 21.0. The van der Waals surface area contributed by atoms with Crippen LogP contribution in [0, 0.1) is 0 Å². The molecule has 2 aliphatic rings. The number of fused-ring (bicyclic) bond motifs is 2. The van der Waals surface area contributed by atoms with Crippen molar-refractivity contribution in [3.63, 3.8) is 0 Å². The quantitative estimate of drug-likeness (QED) is 0.0755. The Morgan fingerprint density at radius 3 is 1.12 bits per heavy atom. The molecule has 0 saturated heterocycles. The molecule has 2 heterocycles. The standard InChI is InChI=1S/2C33H26ClNO5.CH4O.2CH4.Na/c2*1-20(25-6-2-4-8-27(25)34)39-32(38)35-29-26-7-3-5-9-28(26)40-30(29)23-12-10-21(11-13-23)22-14-16-24(17-15-22)33(18-19-33)31(36)37;1-2;;;/h2*2-17,20H,18-19H2,1H3,(H,35,38)(H,36,37);2H,1H3;2*1H4;/q;;;;;+1/p-1/t2*20-;;;;/m11..../s1. The summed E-state index contributed by atoms with van der Waals surface area (Å²) in [4.78, 5) is 49.1. The molecule has 0 bridgehead atoms. The van der Waals surface area contributed by atoms with Crippen LogP contribution in [0.4, 0.5) is 21.0 Å². The van der Waals surface area contributed by atoms with Crippen LogP contribution in [0.1, 0.15) is 88.8 Å². The first kappa shape index (κ1) is 64.4. The molecule has 8 aromatic carbocycles. The van der Waals surface area contributed by atoms with E-state index in [1.807, 2.05) is 182 Å². The van der Waals surface area contributed by atoms with Crippen LogP contribution in [0.25, 0.3) is 66.8 Å². The number of hydrogen-bond donors (Lipinski definition) is 4. The van der Waals surface area contributed by atoms with Crippen LogP contribution in [0.5, 0.6) is 0 Å². The molecule has 2 atom stereocenters. The second-order valence-corrected chi connectivity index (χ2v) is 20.9. The molecule has 4 N–H and O–H groups in total. The number of furan rings is 2. The van der Waals surface area contributed by atoms with Gasteiger partial charge in [-0.05, 0) is 109 Å². The fourth-order valence-electron chi connectivity index (χ4n) is 10.1. The van der Waals surface area contributed by atoms with Gasteiger partial charge in [0.1, 0.15) is 23.4 Å². The van der Waals surface area contributed by atoms with Crippen molar-refractivity contribution in [2.24, 2.45) is 0 Å². The van der Waals surface area contributed by atoms with E-state index in [2.05, 4.69) is 10.6 Å². The number of aliphatic hydroxyl groups excluding tert-OH is 1. The number of amides is 2. The van der Waals surface area contributed by atoms with E-state index in [1.165, 1.54) is 0 Å². The number of halogens is 2. The molecular formula is C69H63Cl2N2NaO11. The molecule has 85 heavy (non-hydrogen) atoms. The third-order valence-electron chi connectivity index (χ3n) is 15.0. The molecule has 10 aromatic rings.